The Morgan fingerprint density at radius 1 is 1.06 bits per heavy atom. The van der Waals surface area contributed by atoms with E-state index in [-0.39, 0.29) is 11.7 Å². The monoisotopic (exact) mass is 534 g/mol. The number of thioether (sulfide) groups is 1. The molecule has 172 valence electrons. The van der Waals surface area contributed by atoms with Crippen LogP contribution in [0.15, 0.2) is 81.5 Å². The third-order valence-corrected chi connectivity index (χ3v) is 6.26. The van der Waals surface area contributed by atoms with Gasteiger partial charge in [-0.2, -0.15) is 5.10 Å². The van der Waals surface area contributed by atoms with Crippen LogP contribution in [0.5, 0.6) is 5.75 Å². The molecule has 1 N–H and O–H groups in total. The minimum absolute atomic E-state index is 0.170. The number of carbonyl (C=O) groups is 1. The zero-order chi connectivity index (χ0) is 23.9. The summed E-state index contributed by atoms with van der Waals surface area (Å²) in [6.45, 7) is 4.23. The lowest BCUT2D eigenvalue weighted by Crippen LogP contribution is -2.20. The van der Waals surface area contributed by atoms with E-state index in [0.717, 1.165) is 32.4 Å². The van der Waals surface area contributed by atoms with Gasteiger partial charge in [0.15, 0.2) is 5.16 Å². The molecule has 0 bridgehead atoms. The number of fused-ring (bicyclic) bond motifs is 1. The second kappa shape index (κ2) is 11.3. The fourth-order valence-electron chi connectivity index (χ4n) is 3.42. The molecule has 0 fully saturated rings. The van der Waals surface area contributed by atoms with E-state index in [4.69, 9.17) is 4.74 Å². The summed E-state index contributed by atoms with van der Waals surface area (Å²) in [7, 11) is 0. The summed E-state index contributed by atoms with van der Waals surface area (Å²) in [4.78, 5) is 20.9. The van der Waals surface area contributed by atoms with Crippen molar-refractivity contribution >= 4 is 50.6 Å². The number of nitrogens with zero attached hydrogens (tertiary/aromatic N) is 3. The highest BCUT2D eigenvalue weighted by Gasteiger charge is 2.08. The van der Waals surface area contributed by atoms with Crippen molar-refractivity contribution in [3.63, 3.8) is 0 Å². The van der Waals surface area contributed by atoms with Gasteiger partial charge in [0.1, 0.15) is 12.4 Å². The summed E-state index contributed by atoms with van der Waals surface area (Å²) in [5.41, 5.74) is 6.16. The van der Waals surface area contributed by atoms with Crippen LogP contribution >= 0.6 is 27.7 Å². The van der Waals surface area contributed by atoms with Crippen LogP contribution in [0.25, 0.3) is 10.8 Å². The molecule has 0 aliphatic heterocycles. The van der Waals surface area contributed by atoms with Crippen molar-refractivity contribution in [2.24, 2.45) is 5.10 Å². The van der Waals surface area contributed by atoms with Gasteiger partial charge in [0, 0.05) is 21.4 Å². The quantitative estimate of drug-likeness (QED) is 0.133. The van der Waals surface area contributed by atoms with Crippen molar-refractivity contribution in [1.82, 2.24) is 15.4 Å². The Morgan fingerprint density at radius 3 is 2.65 bits per heavy atom. The van der Waals surface area contributed by atoms with Crippen molar-refractivity contribution in [3.05, 3.63) is 93.7 Å². The first-order chi connectivity index (χ1) is 16.5. The Kier molecular flexibility index (Phi) is 7.92. The Labute approximate surface area is 211 Å². The summed E-state index contributed by atoms with van der Waals surface area (Å²) in [5.74, 6) is 0.604. The number of hydrazone groups is 1. The average molecular weight is 535 g/mol. The van der Waals surface area contributed by atoms with Gasteiger partial charge >= 0.3 is 0 Å². The minimum atomic E-state index is -0.239. The molecule has 0 saturated heterocycles. The van der Waals surface area contributed by atoms with Gasteiger partial charge in [-0.25, -0.2) is 15.4 Å². The third kappa shape index (κ3) is 6.42. The normalized spacial score (nSPS) is 11.1. The Balaban J connectivity index is 1.39. The second-order valence-corrected chi connectivity index (χ2v) is 9.48. The van der Waals surface area contributed by atoms with Gasteiger partial charge in [-0.1, -0.05) is 70.2 Å². The molecule has 0 radical (unpaired) electrons. The van der Waals surface area contributed by atoms with Crippen LogP contribution in [-0.2, 0) is 11.4 Å². The highest BCUT2D eigenvalue weighted by molar-refractivity contribution is 9.10. The maximum Gasteiger partial charge on any atom is 0.250 e. The molecule has 0 atom stereocenters. The highest BCUT2D eigenvalue weighted by Crippen LogP contribution is 2.25. The van der Waals surface area contributed by atoms with Gasteiger partial charge in [0.25, 0.3) is 5.91 Å². The summed E-state index contributed by atoms with van der Waals surface area (Å²) < 4.78 is 7.02. The molecular formula is C26H23BrN4O2S. The van der Waals surface area contributed by atoms with Gasteiger partial charge < -0.3 is 4.74 Å². The van der Waals surface area contributed by atoms with Gasteiger partial charge in [0.2, 0.25) is 0 Å². The minimum Gasteiger partial charge on any atom is -0.488 e. The lowest BCUT2D eigenvalue weighted by molar-refractivity contribution is -0.118. The van der Waals surface area contributed by atoms with E-state index in [1.54, 1.807) is 6.21 Å². The van der Waals surface area contributed by atoms with Crippen LogP contribution in [0.2, 0.25) is 0 Å². The maximum atomic E-state index is 12.2. The number of ether oxygens (including phenoxy) is 1. The fraction of sp³-hybridized carbons (Fsp3) is 0.154. The number of hydrogen-bond donors (Lipinski definition) is 1. The van der Waals surface area contributed by atoms with Crippen LogP contribution in [0.1, 0.15) is 22.5 Å². The summed E-state index contributed by atoms with van der Waals surface area (Å²) in [5, 5.41) is 7.03. The third-order valence-electron chi connectivity index (χ3n) is 4.92. The van der Waals surface area contributed by atoms with E-state index < -0.39 is 0 Å². The van der Waals surface area contributed by atoms with Gasteiger partial charge in [0.05, 0.1) is 12.0 Å². The van der Waals surface area contributed by atoms with Crippen molar-refractivity contribution in [2.75, 3.05) is 5.75 Å². The number of nitrogens with one attached hydrogen (secondary N) is 1. The van der Waals surface area contributed by atoms with Crippen LogP contribution in [0.4, 0.5) is 0 Å². The standard InChI is InChI=1S/C26H23BrN4O2S/c1-17-12-18(2)30-26(29-17)34-16-25(32)31-28-14-21-13-22(27)10-11-24(21)33-15-20-8-5-7-19-6-3-4-9-23(19)20/h3-14H,15-16H2,1-2H3,(H,31,32)/b28-14-. The van der Waals surface area contributed by atoms with Crippen molar-refractivity contribution in [2.45, 2.75) is 25.6 Å². The Morgan fingerprint density at radius 2 is 1.82 bits per heavy atom. The van der Waals surface area contributed by atoms with Gasteiger partial charge in [-0.15, -0.1) is 0 Å². The average Bonchev–Trinajstić information content (AvgIpc) is 2.82. The van der Waals surface area contributed by atoms with Crippen molar-refractivity contribution in [3.8, 4) is 5.75 Å². The zero-order valence-corrected chi connectivity index (χ0v) is 21.2. The zero-order valence-electron chi connectivity index (χ0n) is 18.8. The number of halogens is 1. The van der Waals surface area contributed by atoms with E-state index in [2.05, 4.69) is 60.7 Å². The second-order valence-electron chi connectivity index (χ2n) is 7.62. The first kappa shape index (κ1) is 23.9. The molecule has 4 aromatic rings. The fourth-order valence-corrected chi connectivity index (χ4v) is 4.54. The molecule has 1 amide bonds. The number of carbonyl (C=O) groups excluding carboxylic acids is 1. The van der Waals surface area contributed by atoms with Crippen LogP contribution < -0.4 is 10.2 Å². The SMILES string of the molecule is Cc1cc(C)nc(SCC(=O)N/N=C\c2cc(Br)ccc2OCc2cccc3ccccc23)n1. The van der Waals surface area contributed by atoms with Gasteiger partial charge in [-0.3, -0.25) is 4.79 Å². The molecule has 3 aromatic carbocycles. The lowest BCUT2D eigenvalue weighted by atomic mass is 10.1. The van der Waals surface area contributed by atoms with E-state index in [1.807, 2.05) is 56.3 Å². The smallest absolute Gasteiger partial charge is 0.250 e. The largest absolute Gasteiger partial charge is 0.488 e. The molecule has 4 rings (SSSR count). The lowest BCUT2D eigenvalue weighted by Gasteiger charge is -2.11. The number of benzene rings is 3. The molecular weight excluding hydrogens is 512 g/mol. The first-order valence-electron chi connectivity index (χ1n) is 10.6. The van der Waals surface area contributed by atoms with E-state index in [1.165, 1.54) is 17.1 Å². The number of aryl methyl sites for hydroxylation is 2. The van der Waals surface area contributed by atoms with Crippen LogP contribution in [0, 0.1) is 13.8 Å². The van der Waals surface area contributed by atoms with Crippen molar-refractivity contribution in [1.29, 1.82) is 0 Å². The van der Waals surface area contributed by atoms with Crippen molar-refractivity contribution < 1.29 is 9.53 Å². The molecule has 0 aliphatic rings. The Hall–Kier alpha value is -3.23. The summed E-state index contributed by atoms with van der Waals surface area (Å²) in [6.07, 6.45) is 1.58. The number of rotatable bonds is 8. The molecule has 6 nitrogen and oxygen atoms in total. The maximum absolute atomic E-state index is 12.2. The summed E-state index contributed by atoms with van der Waals surface area (Å²) >= 11 is 4.76. The van der Waals surface area contributed by atoms with Crippen LogP contribution in [0.3, 0.4) is 0 Å². The van der Waals surface area contributed by atoms with E-state index in [0.29, 0.717) is 17.5 Å². The van der Waals surface area contributed by atoms with E-state index in [9.17, 15) is 4.79 Å². The molecule has 1 aromatic heterocycles. The Bertz CT molecular complexity index is 1330. The van der Waals surface area contributed by atoms with Gasteiger partial charge in [-0.05, 0) is 54.4 Å². The molecule has 1 heterocycles. The van der Waals surface area contributed by atoms with E-state index >= 15 is 0 Å². The predicted molar refractivity (Wildman–Crippen MR) is 140 cm³/mol. The molecule has 0 saturated carbocycles. The van der Waals surface area contributed by atoms with Crippen LogP contribution in [-0.4, -0.2) is 27.8 Å². The molecule has 0 spiro atoms. The molecule has 0 unspecified atom stereocenters. The molecule has 0 aliphatic carbocycles. The molecule has 8 heteroatoms. The number of aromatic nitrogens is 2. The summed E-state index contributed by atoms with van der Waals surface area (Å²) in [6, 6.07) is 22.0. The number of hydrogen-bond acceptors (Lipinski definition) is 6. The first-order valence-corrected chi connectivity index (χ1v) is 12.4. The predicted octanol–water partition coefficient (Wildman–Crippen LogP) is 5.83. The highest BCUT2D eigenvalue weighted by atomic mass is 79.9. The molecule has 34 heavy (non-hydrogen) atoms. The number of amides is 1. The topological polar surface area (TPSA) is 76.5 Å².